The molecule has 19 heavy (non-hydrogen) atoms. The highest BCUT2D eigenvalue weighted by molar-refractivity contribution is 6.04. The van der Waals surface area contributed by atoms with Crippen molar-refractivity contribution in [2.24, 2.45) is 0 Å². The third-order valence-electron chi connectivity index (χ3n) is 2.69. The molecule has 0 aliphatic rings. The number of rotatable bonds is 4. The normalized spacial score (nSPS) is 10.2. The number of pyridine rings is 1. The molecule has 0 saturated carbocycles. The van der Waals surface area contributed by atoms with Gasteiger partial charge in [-0.2, -0.15) is 0 Å². The average Bonchev–Trinajstić information content (AvgIpc) is 2.43. The second kappa shape index (κ2) is 4.89. The van der Waals surface area contributed by atoms with Crippen LogP contribution in [0.4, 0.5) is 5.69 Å². The van der Waals surface area contributed by atoms with Crippen molar-refractivity contribution in [2.45, 2.75) is 0 Å². The zero-order chi connectivity index (χ0) is 14.0. The number of carbonyl (C=O) groups excluding carboxylic acids is 1. The Kier molecular flexibility index (Phi) is 3.28. The van der Waals surface area contributed by atoms with Gasteiger partial charge in [0.05, 0.1) is 30.0 Å². The first-order valence-electron chi connectivity index (χ1n) is 5.27. The number of methoxy groups -OCH3 is 2. The molecule has 98 valence electrons. The molecule has 1 heterocycles. The van der Waals surface area contributed by atoms with Crippen molar-refractivity contribution in [1.82, 2.24) is 4.98 Å². The average molecular weight is 262 g/mol. The smallest absolute Gasteiger partial charge is 0.324 e. The van der Waals surface area contributed by atoms with E-state index in [4.69, 9.17) is 9.47 Å². The van der Waals surface area contributed by atoms with Gasteiger partial charge in [-0.15, -0.1) is 0 Å². The van der Waals surface area contributed by atoms with Crippen molar-refractivity contribution in [2.75, 3.05) is 14.2 Å². The quantitative estimate of drug-likeness (QED) is 0.475. The van der Waals surface area contributed by atoms with Crippen LogP contribution in [-0.2, 0) is 0 Å². The Morgan fingerprint density at radius 2 is 2.11 bits per heavy atom. The molecular formula is C12H10N2O5. The molecule has 0 radical (unpaired) electrons. The van der Waals surface area contributed by atoms with E-state index in [0.29, 0.717) is 11.8 Å². The summed E-state index contributed by atoms with van der Waals surface area (Å²) in [7, 11) is 2.67. The highest BCUT2D eigenvalue weighted by atomic mass is 16.6. The molecule has 2 rings (SSSR count). The topological polar surface area (TPSA) is 91.6 Å². The standard InChI is InChI=1S/C12H10N2O5/c1-18-9-5-8-10(7(6-15)3-4-13-8)11(14(16)17)12(9)19-2/h3-6H,1-2H3. The Morgan fingerprint density at radius 3 is 2.63 bits per heavy atom. The summed E-state index contributed by atoms with van der Waals surface area (Å²) in [5.41, 5.74) is 0.152. The lowest BCUT2D eigenvalue weighted by molar-refractivity contribution is -0.384. The molecule has 0 atom stereocenters. The molecule has 0 fully saturated rings. The Balaban J connectivity index is 3.02. The molecule has 0 unspecified atom stereocenters. The predicted octanol–water partition coefficient (Wildman–Crippen LogP) is 1.97. The van der Waals surface area contributed by atoms with E-state index in [1.807, 2.05) is 0 Å². The van der Waals surface area contributed by atoms with E-state index in [1.54, 1.807) is 0 Å². The summed E-state index contributed by atoms with van der Waals surface area (Å²) >= 11 is 0. The van der Waals surface area contributed by atoms with Gasteiger partial charge >= 0.3 is 5.69 Å². The van der Waals surface area contributed by atoms with Crippen molar-refractivity contribution in [1.29, 1.82) is 0 Å². The van der Waals surface area contributed by atoms with Crippen LogP contribution in [-0.4, -0.2) is 30.4 Å². The highest BCUT2D eigenvalue weighted by Gasteiger charge is 2.26. The van der Waals surface area contributed by atoms with Gasteiger partial charge in [-0.25, -0.2) is 0 Å². The molecule has 1 aromatic carbocycles. The number of aldehydes is 1. The number of nitro benzene ring substituents is 1. The summed E-state index contributed by atoms with van der Waals surface area (Å²) in [6, 6.07) is 2.91. The van der Waals surface area contributed by atoms with Crippen LogP contribution in [0, 0.1) is 10.1 Å². The van der Waals surface area contributed by atoms with Crippen molar-refractivity contribution >= 4 is 22.9 Å². The lowest BCUT2D eigenvalue weighted by Crippen LogP contribution is -2.00. The van der Waals surface area contributed by atoms with E-state index >= 15 is 0 Å². The minimum Gasteiger partial charge on any atom is -0.493 e. The molecule has 0 spiro atoms. The van der Waals surface area contributed by atoms with E-state index in [2.05, 4.69) is 4.98 Å². The maximum Gasteiger partial charge on any atom is 0.324 e. The summed E-state index contributed by atoms with van der Waals surface area (Å²) in [6.07, 6.45) is 1.95. The number of hydrogen-bond donors (Lipinski definition) is 0. The molecule has 2 aromatic rings. The number of fused-ring (bicyclic) bond motifs is 1. The molecule has 0 aliphatic heterocycles. The first-order valence-corrected chi connectivity index (χ1v) is 5.27. The number of aromatic nitrogens is 1. The fourth-order valence-electron chi connectivity index (χ4n) is 1.90. The van der Waals surface area contributed by atoms with E-state index in [9.17, 15) is 14.9 Å². The highest BCUT2D eigenvalue weighted by Crippen LogP contribution is 2.43. The van der Waals surface area contributed by atoms with Gasteiger partial charge in [-0.1, -0.05) is 0 Å². The van der Waals surface area contributed by atoms with Crippen LogP contribution in [0.1, 0.15) is 10.4 Å². The van der Waals surface area contributed by atoms with Gasteiger partial charge in [-0.05, 0) is 6.07 Å². The largest absolute Gasteiger partial charge is 0.493 e. The van der Waals surface area contributed by atoms with Crippen molar-refractivity contribution < 1.29 is 19.2 Å². The number of nitrogens with zero attached hydrogens (tertiary/aromatic N) is 2. The number of hydrogen-bond acceptors (Lipinski definition) is 6. The molecule has 0 amide bonds. The molecular weight excluding hydrogens is 252 g/mol. The van der Waals surface area contributed by atoms with Crippen LogP contribution in [0.3, 0.4) is 0 Å². The minimum absolute atomic E-state index is 0.0314. The van der Waals surface area contributed by atoms with Crippen LogP contribution >= 0.6 is 0 Å². The van der Waals surface area contributed by atoms with Crippen LogP contribution in [0.5, 0.6) is 11.5 Å². The number of ether oxygens (including phenoxy) is 2. The number of carbonyl (C=O) groups is 1. The summed E-state index contributed by atoms with van der Waals surface area (Å²) in [4.78, 5) is 25.7. The Bertz CT molecular complexity index is 669. The predicted molar refractivity (Wildman–Crippen MR) is 66.9 cm³/mol. The molecule has 0 saturated heterocycles. The molecule has 0 bridgehead atoms. The Hall–Kier alpha value is -2.70. The third-order valence-corrected chi connectivity index (χ3v) is 2.69. The molecule has 0 aliphatic carbocycles. The van der Waals surface area contributed by atoms with Gasteiger partial charge in [0.1, 0.15) is 0 Å². The fourth-order valence-corrected chi connectivity index (χ4v) is 1.90. The molecule has 7 nitrogen and oxygen atoms in total. The lowest BCUT2D eigenvalue weighted by Gasteiger charge is -2.10. The second-order valence-corrected chi connectivity index (χ2v) is 3.63. The molecule has 7 heteroatoms. The van der Waals surface area contributed by atoms with Gasteiger partial charge in [0.15, 0.2) is 12.0 Å². The zero-order valence-corrected chi connectivity index (χ0v) is 10.2. The second-order valence-electron chi connectivity index (χ2n) is 3.63. The van der Waals surface area contributed by atoms with Gasteiger partial charge < -0.3 is 9.47 Å². The van der Waals surface area contributed by atoms with Crippen molar-refractivity contribution in [3.05, 3.63) is 34.0 Å². The number of benzene rings is 1. The lowest BCUT2D eigenvalue weighted by atomic mass is 10.1. The third kappa shape index (κ3) is 1.95. The van der Waals surface area contributed by atoms with Crippen LogP contribution in [0.15, 0.2) is 18.3 Å². The van der Waals surface area contributed by atoms with Crippen LogP contribution < -0.4 is 9.47 Å². The van der Waals surface area contributed by atoms with E-state index in [-0.39, 0.29) is 28.1 Å². The fraction of sp³-hybridized carbons (Fsp3) is 0.167. The first-order chi connectivity index (χ1) is 9.13. The van der Waals surface area contributed by atoms with Crippen LogP contribution in [0.25, 0.3) is 10.9 Å². The number of nitro groups is 1. The maximum absolute atomic E-state index is 11.3. The summed E-state index contributed by atoms with van der Waals surface area (Å²) < 4.78 is 10.1. The Morgan fingerprint density at radius 1 is 1.37 bits per heavy atom. The zero-order valence-electron chi connectivity index (χ0n) is 10.2. The van der Waals surface area contributed by atoms with Gasteiger partial charge in [0.25, 0.3) is 0 Å². The van der Waals surface area contributed by atoms with Crippen molar-refractivity contribution in [3.8, 4) is 11.5 Å². The van der Waals surface area contributed by atoms with E-state index in [1.165, 1.54) is 32.5 Å². The van der Waals surface area contributed by atoms with Gasteiger partial charge in [0.2, 0.25) is 5.75 Å². The SMILES string of the molecule is COc1cc2nccc(C=O)c2c([N+](=O)[O-])c1OC. The minimum atomic E-state index is -0.613. The first kappa shape index (κ1) is 12.7. The summed E-state index contributed by atoms with van der Waals surface area (Å²) in [6.45, 7) is 0. The van der Waals surface area contributed by atoms with Crippen molar-refractivity contribution in [3.63, 3.8) is 0 Å². The molecule has 1 aromatic heterocycles. The summed E-state index contributed by atoms with van der Waals surface area (Å²) in [5.74, 6) is 0.161. The Labute approximate surface area is 107 Å². The van der Waals surface area contributed by atoms with Crippen LogP contribution in [0.2, 0.25) is 0 Å². The van der Waals surface area contributed by atoms with E-state index in [0.717, 1.165) is 0 Å². The van der Waals surface area contributed by atoms with Gasteiger partial charge in [0, 0.05) is 17.8 Å². The molecule has 0 N–H and O–H groups in total. The van der Waals surface area contributed by atoms with E-state index < -0.39 is 4.92 Å². The monoisotopic (exact) mass is 262 g/mol. The van der Waals surface area contributed by atoms with Gasteiger partial charge in [-0.3, -0.25) is 19.9 Å². The maximum atomic E-state index is 11.3. The summed E-state index contributed by atoms with van der Waals surface area (Å²) in [5, 5.41) is 11.4.